The van der Waals surface area contributed by atoms with Crippen LogP contribution in [0.25, 0.3) is 0 Å². The van der Waals surface area contributed by atoms with Crippen LogP contribution in [0.2, 0.25) is 0 Å². The van der Waals surface area contributed by atoms with E-state index in [-0.39, 0.29) is 10.8 Å². The first-order chi connectivity index (χ1) is 8.75. The number of nitrogens with two attached hydrogens (primary N) is 1. The van der Waals surface area contributed by atoms with E-state index in [0.717, 1.165) is 6.42 Å². The van der Waals surface area contributed by atoms with Crippen LogP contribution >= 0.6 is 0 Å². The number of primary sulfonamides is 1. The van der Waals surface area contributed by atoms with Crippen molar-refractivity contribution in [2.75, 3.05) is 5.32 Å². The van der Waals surface area contributed by atoms with Gasteiger partial charge in [0.25, 0.3) is 0 Å². The van der Waals surface area contributed by atoms with Gasteiger partial charge in [-0.3, -0.25) is 4.79 Å². The highest BCUT2D eigenvalue weighted by Gasteiger charge is 2.15. The Morgan fingerprint density at radius 2 is 2.05 bits per heavy atom. The molecule has 0 aliphatic carbocycles. The molecule has 3 N–H and O–H groups in total. The van der Waals surface area contributed by atoms with E-state index < -0.39 is 10.0 Å². The van der Waals surface area contributed by atoms with E-state index in [2.05, 4.69) is 5.32 Å². The zero-order valence-electron chi connectivity index (χ0n) is 11.4. The molecular weight excluding hydrogens is 264 g/mol. The number of benzene rings is 1. The summed E-state index contributed by atoms with van der Waals surface area (Å²) in [5, 5.41) is 7.85. The fourth-order valence-electron chi connectivity index (χ4n) is 1.72. The lowest BCUT2D eigenvalue weighted by Gasteiger charge is -2.13. The smallest absolute Gasteiger partial charge is 0.238 e. The van der Waals surface area contributed by atoms with Gasteiger partial charge in [-0.15, -0.1) is 0 Å². The van der Waals surface area contributed by atoms with E-state index in [1.54, 1.807) is 19.1 Å². The van der Waals surface area contributed by atoms with Crippen LogP contribution in [0.3, 0.4) is 0 Å². The molecule has 0 spiro atoms. The van der Waals surface area contributed by atoms with E-state index in [1.807, 2.05) is 13.8 Å². The van der Waals surface area contributed by atoms with Crippen LogP contribution in [-0.2, 0) is 14.8 Å². The summed E-state index contributed by atoms with van der Waals surface area (Å²) in [6.45, 7) is 5.64. The first-order valence-corrected chi connectivity index (χ1v) is 7.72. The topological polar surface area (TPSA) is 89.3 Å². The maximum Gasteiger partial charge on any atom is 0.238 e. The molecule has 0 aromatic heterocycles. The normalized spacial score (nSPS) is 13.1. The Balaban J connectivity index is 2.95. The molecule has 19 heavy (non-hydrogen) atoms. The predicted octanol–water partition coefficient (Wildman–Crippen LogP) is 2.02. The van der Waals surface area contributed by atoms with Gasteiger partial charge in [0.1, 0.15) is 0 Å². The molecule has 0 fully saturated rings. The van der Waals surface area contributed by atoms with Gasteiger partial charge in [-0.1, -0.05) is 26.3 Å². The number of hydrogen-bond donors (Lipinski definition) is 2. The van der Waals surface area contributed by atoms with E-state index in [9.17, 15) is 13.2 Å². The first-order valence-electron chi connectivity index (χ1n) is 6.18. The van der Waals surface area contributed by atoms with Crippen molar-refractivity contribution in [2.45, 2.75) is 38.5 Å². The van der Waals surface area contributed by atoms with Crippen molar-refractivity contribution in [2.24, 2.45) is 11.1 Å². The summed E-state index contributed by atoms with van der Waals surface area (Å²) < 4.78 is 22.8. The third-order valence-electron chi connectivity index (χ3n) is 3.10. The summed E-state index contributed by atoms with van der Waals surface area (Å²) in [5.74, 6) is 0.172. The van der Waals surface area contributed by atoms with Gasteiger partial charge in [-0.05, 0) is 30.5 Å². The predicted molar refractivity (Wildman–Crippen MR) is 75.3 cm³/mol. The Bertz CT molecular complexity index is 567. The fourth-order valence-corrected chi connectivity index (χ4v) is 2.53. The van der Waals surface area contributed by atoms with Crippen molar-refractivity contribution in [3.63, 3.8) is 0 Å². The monoisotopic (exact) mass is 284 g/mol. The number of amides is 1. The van der Waals surface area contributed by atoms with Crippen molar-refractivity contribution >= 4 is 21.6 Å². The molecule has 5 nitrogen and oxygen atoms in total. The Morgan fingerprint density at radius 3 is 2.58 bits per heavy atom. The quantitative estimate of drug-likeness (QED) is 0.866. The third kappa shape index (κ3) is 4.33. The van der Waals surface area contributed by atoms with Crippen LogP contribution < -0.4 is 10.5 Å². The van der Waals surface area contributed by atoms with Crippen LogP contribution in [0.4, 0.5) is 5.69 Å². The number of carbonyl (C=O) groups excluding carboxylic acids is 1. The number of sulfonamides is 1. The zero-order chi connectivity index (χ0) is 14.6. The maximum absolute atomic E-state index is 11.8. The second-order valence-electron chi connectivity index (χ2n) is 4.74. The van der Waals surface area contributed by atoms with Gasteiger partial charge in [0, 0.05) is 12.1 Å². The molecule has 0 bridgehead atoms. The van der Waals surface area contributed by atoms with Crippen molar-refractivity contribution < 1.29 is 13.2 Å². The van der Waals surface area contributed by atoms with Gasteiger partial charge in [-0.25, -0.2) is 13.6 Å². The Labute approximate surface area is 114 Å². The molecule has 1 aromatic carbocycles. The summed E-state index contributed by atoms with van der Waals surface area (Å²) in [5.41, 5.74) is 0.947. The van der Waals surface area contributed by atoms with E-state index >= 15 is 0 Å². The molecule has 1 amide bonds. The molecule has 0 radical (unpaired) electrons. The summed E-state index contributed by atoms with van der Waals surface area (Å²) in [4.78, 5) is 11.8. The van der Waals surface area contributed by atoms with Gasteiger partial charge in [-0.2, -0.15) is 0 Å². The molecule has 0 aliphatic rings. The summed E-state index contributed by atoms with van der Waals surface area (Å²) in [7, 11) is -3.77. The van der Waals surface area contributed by atoms with Crippen molar-refractivity contribution in [3.05, 3.63) is 23.8 Å². The molecule has 6 heteroatoms. The highest BCUT2D eigenvalue weighted by Crippen LogP contribution is 2.22. The Kier molecular flexibility index (Phi) is 5.08. The first kappa shape index (κ1) is 15.7. The highest BCUT2D eigenvalue weighted by molar-refractivity contribution is 7.89. The van der Waals surface area contributed by atoms with Crippen molar-refractivity contribution in [3.8, 4) is 0 Å². The standard InChI is InChI=1S/C13H20N2O3S/c1-4-9(2)8-13(16)15-11-6-5-7-12(10(11)3)19(14,17)18/h5-7,9H,4,8H2,1-3H3,(H,15,16)(H2,14,17,18). The lowest BCUT2D eigenvalue weighted by Crippen LogP contribution is -2.18. The van der Waals surface area contributed by atoms with E-state index in [0.29, 0.717) is 23.6 Å². The molecule has 1 atom stereocenters. The van der Waals surface area contributed by atoms with Gasteiger partial charge in [0.2, 0.25) is 15.9 Å². The summed E-state index contributed by atoms with van der Waals surface area (Å²) >= 11 is 0. The second kappa shape index (κ2) is 6.16. The number of hydrogen-bond acceptors (Lipinski definition) is 3. The van der Waals surface area contributed by atoms with E-state index in [4.69, 9.17) is 5.14 Å². The molecule has 1 unspecified atom stereocenters. The average Bonchev–Trinajstić information content (AvgIpc) is 2.30. The van der Waals surface area contributed by atoms with Gasteiger partial charge in [0.05, 0.1) is 4.90 Å². The number of nitrogens with one attached hydrogen (secondary N) is 1. The molecule has 0 heterocycles. The SMILES string of the molecule is CCC(C)CC(=O)Nc1cccc(S(N)(=O)=O)c1C. The van der Waals surface area contributed by atoms with Crippen LogP contribution in [0, 0.1) is 12.8 Å². The molecule has 0 aliphatic heterocycles. The van der Waals surface area contributed by atoms with Gasteiger partial charge in [0.15, 0.2) is 0 Å². The second-order valence-corrected chi connectivity index (χ2v) is 6.27. The lowest BCUT2D eigenvalue weighted by molar-refractivity contribution is -0.117. The molecule has 106 valence electrons. The van der Waals surface area contributed by atoms with Gasteiger partial charge < -0.3 is 5.32 Å². The minimum Gasteiger partial charge on any atom is -0.326 e. The Hall–Kier alpha value is -1.40. The third-order valence-corrected chi connectivity index (χ3v) is 4.15. The summed E-state index contributed by atoms with van der Waals surface area (Å²) in [6, 6.07) is 4.65. The van der Waals surface area contributed by atoms with Gasteiger partial charge >= 0.3 is 0 Å². The van der Waals surface area contributed by atoms with Crippen LogP contribution in [0.1, 0.15) is 32.3 Å². The maximum atomic E-state index is 11.8. The largest absolute Gasteiger partial charge is 0.326 e. The Morgan fingerprint density at radius 1 is 1.42 bits per heavy atom. The summed E-state index contributed by atoms with van der Waals surface area (Å²) in [6.07, 6.45) is 1.33. The molecule has 1 rings (SSSR count). The van der Waals surface area contributed by atoms with Crippen molar-refractivity contribution in [1.82, 2.24) is 0 Å². The zero-order valence-corrected chi connectivity index (χ0v) is 12.3. The fraction of sp³-hybridized carbons (Fsp3) is 0.462. The lowest BCUT2D eigenvalue weighted by atomic mass is 10.0. The van der Waals surface area contributed by atoms with Crippen LogP contribution in [0.5, 0.6) is 0 Å². The number of anilines is 1. The molecule has 1 aromatic rings. The molecule has 0 saturated carbocycles. The van der Waals surface area contributed by atoms with Crippen LogP contribution in [-0.4, -0.2) is 14.3 Å². The van der Waals surface area contributed by atoms with Crippen molar-refractivity contribution in [1.29, 1.82) is 0 Å². The minimum absolute atomic E-state index is 0.0360. The molecular formula is C13H20N2O3S. The highest BCUT2D eigenvalue weighted by atomic mass is 32.2. The van der Waals surface area contributed by atoms with Crippen LogP contribution in [0.15, 0.2) is 23.1 Å². The number of rotatable bonds is 5. The minimum atomic E-state index is -3.77. The molecule has 0 saturated heterocycles. The number of carbonyl (C=O) groups is 1. The average molecular weight is 284 g/mol. The van der Waals surface area contributed by atoms with E-state index in [1.165, 1.54) is 6.07 Å².